The second-order valence-corrected chi connectivity index (χ2v) is 8.80. The fourth-order valence-electron chi connectivity index (χ4n) is 4.13. The normalized spacial score (nSPS) is 17.3. The Hall–Kier alpha value is -2.82. The molecule has 0 N–H and O–H groups in total. The summed E-state index contributed by atoms with van der Waals surface area (Å²) >= 11 is 0. The monoisotopic (exact) mass is 391 g/mol. The lowest BCUT2D eigenvalue weighted by molar-refractivity contribution is -0.131. The molecule has 0 saturated carbocycles. The van der Waals surface area contributed by atoms with Gasteiger partial charge >= 0.3 is 0 Å². The topological polar surface area (TPSA) is 47.4 Å². The standard InChI is InChI=1S/C24H29N3O2/c1-17-9-5-8-12-21(17)29-14-13-26-20-11-7-6-10-19(20)25-23(26)18-15-22(28)27(16-18)24(2,3)4/h5-12,18H,13-16H2,1-4H3. The number of rotatable bonds is 5. The Morgan fingerprint density at radius 2 is 1.83 bits per heavy atom. The van der Waals surface area contributed by atoms with E-state index >= 15 is 0 Å². The summed E-state index contributed by atoms with van der Waals surface area (Å²) in [5.41, 5.74) is 3.03. The van der Waals surface area contributed by atoms with Gasteiger partial charge < -0.3 is 14.2 Å². The number of hydrogen-bond acceptors (Lipinski definition) is 3. The average Bonchev–Trinajstić information content (AvgIpc) is 3.24. The van der Waals surface area contributed by atoms with Crippen molar-refractivity contribution in [3.63, 3.8) is 0 Å². The van der Waals surface area contributed by atoms with Crippen LogP contribution in [0.2, 0.25) is 0 Å². The molecule has 2 heterocycles. The van der Waals surface area contributed by atoms with Crippen molar-refractivity contribution in [2.45, 2.75) is 52.1 Å². The molecule has 2 aromatic carbocycles. The summed E-state index contributed by atoms with van der Waals surface area (Å²) in [6.07, 6.45) is 0.513. The summed E-state index contributed by atoms with van der Waals surface area (Å²) in [5, 5.41) is 0. The highest BCUT2D eigenvalue weighted by atomic mass is 16.5. The zero-order chi connectivity index (χ0) is 20.6. The first-order valence-corrected chi connectivity index (χ1v) is 10.3. The number of nitrogens with zero attached hydrogens (tertiary/aromatic N) is 3. The van der Waals surface area contributed by atoms with E-state index in [-0.39, 0.29) is 17.4 Å². The third-order valence-corrected chi connectivity index (χ3v) is 5.65. The summed E-state index contributed by atoms with van der Waals surface area (Å²) in [6, 6.07) is 16.2. The summed E-state index contributed by atoms with van der Waals surface area (Å²) in [7, 11) is 0. The average molecular weight is 392 g/mol. The predicted molar refractivity (Wildman–Crippen MR) is 115 cm³/mol. The van der Waals surface area contributed by atoms with E-state index in [1.807, 2.05) is 41.3 Å². The van der Waals surface area contributed by atoms with E-state index < -0.39 is 0 Å². The summed E-state index contributed by atoms with van der Waals surface area (Å²) in [6.45, 7) is 10.3. The molecule has 29 heavy (non-hydrogen) atoms. The SMILES string of the molecule is Cc1ccccc1OCCn1c(C2CC(=O)N(C(C)(C)C)C2)nc2ccccc21. The second kappa shape index (κ2) is 7.54. The van der Waals surface area contributed by atoms with Crippen molar-refractivity contribution in [2.24, 2.45) is 0 Å². The van der Waals surface area contributed by atoms with Crippen molar-refractivity contribution in [3.8, 4) is 5.75 Å². The van der Waals surface area contributed by atoms with Gasteiger partial charge in [0, 0.05) is 24.4 Å². The minimum atomic E-state index is -0.170. The van der Waals surface area contributed by atoms with E-state index in [0.717, 1.165) is 28.2 Å². The van der Waals surface area contributed by atoms with Crippen LogP contribution in [0.1, 0.15) is 44.5 Å². The lowest BCUT2D eigenvalue weighted by Crippen LogP contribution is -2.42. The first kappa shape index (κ1) is 19.5. The zero-order valence-corrected chi connectivity index (χ0v) is 17.7. The highest BCUT2D eigenvalue weighted by Crippen LogP contribution is 2.33. The number of fused-ring (bicyclic) bond motifs is 1. The van der Waals surface area contributed by atoms with Crippen molar-refractivity contribution >= 4 is 16.9 Å². The number of hydrogen-bond donors (Lipinski definition) is 0. The predicted octanol–water partition coefficient (Wildman–Crippen LogP) is 4.54. The van der Waals surface area contributed by atoms with Crippen molar-refractivity contribution in [2.75, 3.05) is 13.2 Å². The van der Waals surface area contributed by atoms with E-state index in [2.05, 4.69) is 44.4 Å². The highest BCUT2D eigenvalue weighted by Gasteiger charge is 2.38. The molecule has 1 fully saturated rings. The van der Waals surface area contributed by atoms with Crippen LogP contribution in [0, 0.1) is 6.92 Å². The van der Waals surface area contributed by atoms with Gasteiger partial charge in [-0.15, -0.1) is 0 Å². The van der Waals surface area contributed by atoms with Crippen molar-refractivity contribution < 1.29 is 9.53 Å². The number of amides is 1. The molecule has 3 aromatic rings. The molecule has 1 amide bonds. The summed E-state index contributed by atoms with van der Waals surface area (Å²) in [4.78, 5) is 19.5. The molecule has 5 nitrogen and oxygen atoms in total. The molecule has 1 aromatic heterocycles. The minimum absolute atomic E-state index is 0.104. The number of aryl methyl sites for hydroxylation is 1. The van der Waals surface area contributed by atoms with E-state index in [9.17, 15) is 4.79 Å². The molecule has 152 valence electrons. The van der Waals surface area contributed by atoms with Crippen molar-refractivity contribution in [3.05, 3.63) is 59.9 Å². The number of imidazole rings is 1. The van der Waals surface area contributed by atoms with Gasteiger partial charge in [-0.2, -0.15) is 0 Å². The quantitative estimate of drug-likeness (QED) is 0.642. The maximum Gasteiger partial charge on any atom is 0.223 e. The van der Waals surface area contributed by atoms with Gasteiger partial charge in [0.15, 0.2) is 0 Å². The number of carbonyl (C=O) groups is 1. The number of para-hydroxylation sites is 3. The zero-order valence-electron chi connectivity index (χ0n) is 17.7. The van der Waals surface area contributed by atoms with E-state index in [0.29, 0.717) is 26.1 Å². The molecule has 5 heteroatoms. The van der Waals surface area contributed by atoms with Gasteiger partial charge in [-0.1, -0.05) is 30.3 Å². The Kier molecular flexibility index (Phi) is 5.07. The van der Waals surface area contributed by atoms with Crippen molar-refractivity contribution in [1.29, 1.82) is 0 Å². The Morgan fingerprint density at radius 1 is 1.10 bits per heavy atom. The molecular weight excluding hydrogens is 362 g/mol. The second-order valence-electron chi connectivity index (χ2n) is 8.80. The Balaban J connectivity index is 1.60. The molecular formula is C24H29N3O2. The number of aromatic nitrogens is 2. The van der Waals surface area contributed by atoms with Gasteiger partial charge in [-0.25, -0.2) is 4.98 Å². The maximum absolute atomic E-state index is 12.6. The van der Waals surface area contributed by atoms with Gasteiger partial charge in [0.25, 0.3) is 0 Å². The van der Waals surface area contributed by atoms with Crippen LogP contribution in [0.15, 0.2) is 48.5 Å². The fourth-order valence-corrected chi connectivity index (χ4v) is 4.13. The van der Waals surface area contributed by atoms with Crippen LogP contribution in [0.4, 0.5) is 0 Å². The van der Waals surface area contributed by atoms with Gasteiger partial charge in [0.2, 0.25) is 5.91 Å². The van der Waals surface area contributed by atoms with Crippen molar-refractivity contribution in [1.82, 2.24) is 14.5 Å². The van der Waals surface area contributed by atoms with Gasteiger partial charge in [-0.05, 0) is 51.5 Å². The first-order chi connectivity index (χ1) is 13.8. The first-order valence-electron chi connectivity index (χ1n) is 10.3. The maximum atomic E-state index is 12.6. The molecule has 1 atom stereocenters. The molecule has 0 bridgehead atoms. The van der Waals surface area contributed by atoms with Crippen LogP contribution >= 0.6 is 0 Å². The van der Waals surface area contributed by atoms with Crippen LogP contribution < -0.4 is 4.74 Å². The third-order valence-electron chi connectivity index (χ3n) is 5.65. The Bertz CT molecular complexity index is 1030. The van der Waals surface area contributed by atoms with Crippen LogP contribution in [0.3, 0.4) is 0 Å². The van der Waals surface area contributed by atoms with Crippen LogP contribution in [0.5, 0.6) is 5.75 Å². The van der Waals surface area contributed by atoms with Gasteiger partial charge in [-0.3, -0.25) is 4.79 Å². The minimum Gasteiger partial charge on any atom is -0.491 e. The number of ether oxygens (including phenoxy) is 1. The third kappa shape index (κ3) is 3.86. The number of benzene rings is 2. The smallest absolute Gasteiger partial charge is 0.223 e. The number of likely N-dealkylation sites (tertiary alicyclic amines) is 1. The van der Waals surface area contributed by atoms with E-state index in [4.69, 9.17) is 9.72 Å². The summed E-state index contributed by atoms with van der Waals surface area (Å²) < 4.78 is 8.28. The summed E-state index contributed by atoms with van der Waals surface area (Å²) in [5.74, 6) is 2.21. The number of carbonyl (C=O) groups excluding carboxylic acids is 1. The van der Waals surface area contributed by atoms with Crippen LogP contribution in [-0.4, -0.2) is 39.0 Å². The van der Waals surface area contributed by atoms with Crippen LogP contribution in [0.25, 0.3) is 11.0 Å². The molecule has 0 radical (unpaired) electrons. The molecule has 1 aliphatic rings. The van der Waals surface area contributed by atoms with E-state index in [1.165, 1.54) is 0 Å². The molecule has 0 spiro atoms. The molecule has 1 saturated heterocycles. The van der Waals surface area contributed by atoms with Crippen LogP contribution in [-0.2, 0) is 11.3 Å². The Labute approximate surface area is 172 Å². The lowest BCUT2D eigenvalue weighted by Gasteiger charge is -2.32. The highest BCUT2D eigenvalue weighted by molar-refractivity contribution is 5.81. The molecule has 0 aliphatic carbocycles. The molecule has 1 aliphatic heterocycles. The van der Waals surface area contributed by atoms with E-state index in [1.54, 1.807) is 0 Å². The molecule has 1 unspecified atom stereocenters. The fraction of sp³-hybridized carbons (Fsp3) is 0.417. The Morgan fingerprint density at radius 3 is 2.55 bits per heavy atom. The van der Waals surface area contributed by atoms with Gasteiger partial charge in [0.05, 0.1) is 17.6 Å². The molecule has 4 rings (SSSR count). The lowest BCUT2D eigenvalue weighted by atomic mass is 10.1. The van der Waals surface area contributed by atoms with Gasteiger partial charge in [0.1, 0.15) is 18.2 Å². The largest absolute Gasteiger partial charge is 0.491 e.